The number of hydrogen-bond donors (Lipinski definition) is 2. The monoisotopic (exact) mass is 736 g/mol. The Balaban J connectivity index is 1.31. The molecule has 3 fully saturated rings. The van der Waals surface area contributed by atoms with E-state index in [0.29, 0.717) is 30.3 Å². The lowest BCUT2D eigenvalue weighted by atomic mass is 9.93. The number of carbonyl (C=O) groups is 6. The van der Waals surface area contributed by atoms with Crippen molar-refractivity contribution in [3.05, 3.63) is 35.5 Å². The summed E-state index contributed by atoms with van der Waals surface area (Å²) < 4.78 is 16.5. The fraction of sp³-hybridized carbons (Fsp3) is 0.605. The Labute approximate surface area is 310 Å². The summed E-state index contributed by atoms with van der Waals surface area (Å²) in [5.74, 6) is -1.65. The van der Waals surface area contributed by atoms with Crippen LogP contribution in [0, 0.1) is 12.8 Å². The fourth-order valence-corrected chi connectivity index (χ4v) is 6.58. The number of rotatable bonds is 14. The van der Waals surface area contributed by atoms with Crippen molar-refractivity contribution in [2.45, 2.75) is 90.8 Å². The van der Waals surface area contributed by atoms with Crippen molar-refractivity contribution in [2.75, 3.05) is 52.5 Å². The quantitative estimate of drug-likeness (QED) is 0.274. The highest BCUT2D eigenvalue weighted by atomic mass is 16.6. The zero-order valence-electron chi connectivity index (χ0n) is 31.2. The molecule has 0 radical (unpaired) electrons. The molecule has 3 heterocycles. The van der Waals surface area contributed by atoms with Gasteiger partial charge in [0.05, 0.1) is 18.7 Å². The maximum absolute atomic E-state index is 13.9. The molecule has 1 aromatic carbocycles. The molecule has 2 N–H and O–H groups in total. The molecular weight excluding hydrogens is 684 g/mol. The van der Waals surface area contributed by atoms with Gasteiger partial charge in [-0.3, -0.25) is 24.0 Å². The molecule has 2 aromatic rings. The number of esters is 1. The average Bonchev–Trinajstić information content (AvgIpc) is 3.63. The molecule has 2 saturated heterocycles. The highest BCUT2D eigenvalue weighted by Crippen LogP contribution is 2.28. The Morgan fingerprint density at radius 2 is 1.66 bits per heavy atom. The van der Waals surface area contributed by atoms with Crippen molar-refractivity contribution in [1.29, 1.82) is 0 Å². The Kier molecular flexibility index (Phi) is 13.5. The zero-order valence-corrected chi connectivity index (χ0v) is 31.2. The van der Waals surface area contributed by atoms with Crippen molar-refractivity contribution < 1.29 is 43.0 Å². The predicted octanol–water partition coefficient (Wildman–Crippen LogP) is 2.96. The van der Waals surface area contributed by atoms with Crippen molar-refractivity contribution in [3.63, 3.8) is 0 Å². The number of hydrogen-bond acceptors (Lipinski definition) is 10. The van der Waals surface area contributed by atoms with Crippen LogP contribution >= 0.6 is 0 Å². The number of fused-ring (bicyclic) bond motifs is 1. The molecule has 0 bridgehead atoms. The van der Waals surface area contributed by atoms with E-state index in [2.05, 4.69) is 15.6 Å². The number of benzene rings is 1. The number of carbonyl (C=O) groups excluding carboxylic acids is 6. The number of piperazine rings is 1. The maximum atomic E-state index is 13.9. The van der Waals surface area contributed by atoms with Crippen LogP contribution in [0.1, 0.15) is 81.8 Å². The van der Waals surface area contributed by atoms with Gasteiger partial charge in [0, 0.05) is 56.6 Å². The Morgan fingerprint density at radius 1 is 0.925 bits per heavy atom. The first kappa shape index (κ1) is 39.3. The standard InChI is InChI=1S/C38H52N6O9/c1-5-51-38(50)43-18-16-42(17-19-43)37(49)28(13-14-34(46)53-22-24(2)3)41-35(47)30-21-32(27-12-11-25(4)20-29(27)40-30)52-23-33(45)44-15-7-10-31(44)36(48)39-26-8-6-9-26/h11-12,20-21,24,26,28,31H,5-10,13-19,22-23H2,1-4H3,(H,39,48)(H,41,47). The van der Waals surface area contributed by atoms with Crippen molar-refractivity contribution in [1.82, 2.24) is 30.3 Å². The normalized spacial score (nSPS) is 18.0. The van der Waals surface area contributed by atoms with Gasteiger partial charge in [0.15, 0.2) is 6.61 Å². The van der Waals surface area contributed by atoms with Crippen LogP contribution in [0.3, 0.4) is 0 Å². The van der Waals surface area contributed by atoms with Gasteiger partial charge in [-0.25, -0.2) is 9.78 Å². The number of amides is 5. The Bertz CT molecular complexity index is 1670. The first-order valence-corrected chi connectivity index (χ1v) is 18.7. The second-order valence-electron chi connectivity index (χ2n) is 14.3. The molecular formula is C38H52N6O9. The topological polar surface area (TPSA) is 177 Å². The van der Waals surface area contributed by atoms with Crippen LogP contribution in [0.15, 0.2) is 24.3 Å². The van der Waals surface area contributed by atoms with E-state index in [1.54, 1.807) is 28.9 Å². The van der Waals surface area contributed by atoms with Gasteiger partial charge in [-0.15, -0.1) is 0 Å². The lowest BCUT2D eigenvalue weighted by molar-refractivity contribution is -0.145. The third-order valence-corrected chi connectivity index (χ3v) is 9.77. The third-order valence-electron chi connectivity index (χ3n) is 9.77. The van der Waals surface area contributed by atoms with Gasteiger partial charge in [-0.2, -0.15) is 0 Å². The van der Waals surface area contributed by atoms with Gasteiger partial charge in [0.1, 0.15) is 23.5 Å². The van der Waals surface area contributed by atoms with Crippen LogP contribution in [-0.2, 0) is 28.7 Å². The van der Waals surface area contributed by atoms with Gasteiger partial charge in [0.25, 0.3) is 11.8 Å². The van der Waals surface area contributed by atoms with E-state index in [1.165, 1.54) is 11.0 Å². The molecule has 15 nitrogen and oxygen atoms in total. The zero-order chi connectivity index (χ0) is 38.1. The second kappa shape index (κ2) is 18.2. The summed E-state index contributed by atoms with van der Waals surface area (Å²) in [7, 11) is 0. The lowest BCUT2D eigenvalue weighted by Gasteiger charge is -2.36. The number of nitrogens with one attached hydrogen (secondary N) is 2. The average molecular weight is 737 g/mol. The number of aryl methyl sites for hydroxylation is 1. The minimum atomic E-state index is -1.10. The summed E-state index contributed by atoms with van der Waals surface area (Å²) in [6.45, 7) is 8.98. The summed E-state index contributed by atoms with van der Waals surface area (Å²) in [6.07, 6.45) is 3.71. The predicted molar refractivity (Wildman–Crippen MR) is 194 cm³/mol. The van der Waals surface area contributed by atoms with Crippen molar-refractivity contribution >= 4 is 46.6 Å². The number of ether oxygens (including phenoxy) is 3. The summed E-state index contributed by atoms with van der Waals surface area (Å²) in [5, 5.41) is 6.42. The molecule has 1 aliphatic carbocycles. The van der Waals surface area contributed by atoms with Gasteiger partial charge in [-0.05, 0) is 76.0 Å². The highest BCUT2D eigenvalue weighted by molar-refractivity contribution is 5.99. The maximum Gasteiger partial charge on any atom is 0.409 e. The van der Waals surface area contributed by atoms with Gasteiger partial charge >= 0.3 is 12.1 Å². The summed E-state index contributed by atoms with van der Waals surface area (Å²) >= 11 is 0. The molecule has 5 amide bonds. The van der Waals surface area contributed by atoms with Crippen LogP contribution in [0.2, 0.25) is 0 Å². The molecule has 1 saturated carbocycles. The molecule has 288 valence electrons. The van der Waals surface area contributed by atoms with Crippen LogP contribution in [0.4, 0.5) is 4.79 Å². The first-order chi connectivity index (χ1) is 25.4. The van der Waals surface area contributed by atoms with E-state index in [1.807, 2.05) is 26.8 Å². The number of pyridine rings is 1. The smallest absolute Gasteiger partial charge is 0.409 e. The van der Waals surface area contributed by atoms with E-state index in [9.17, 15) is 28.8 Å². The van der Waals surface area contributed by atoms with E-state index in [0.717, 1.165) is 24.8 Å². The Hall–Kier alpha value is -4.95. The van der Waals surface area contributed by atoms with E-state index in [-0.39, 0.29) is 94.1 Å². The van der Waals surface area contributed by atoms with Gasteiger partial charge in [0.2, 0.25) is 11.8 Å². The summed E-state index contributed by atoms with van der Waals surface area (Å²) in [4.78, 5) is 88.0. The molecule has 2 aliphatic heterocycles. The van der Waals surface area contributed by atoms with E-state index < -0.39 is 36.0 Å². The Morgan fingerprint density at radius 3 is 2.34 bits per heavy atom. The molecule has 53 heavy (non-hydrogen) atoms. The van der Waals surface area contributed by atoms with Crippen molar-refractivity contribution in [2.24, 2.45) is 5.92 Å². The van der Waals surface area contributed by atoms with Crippen LogP contribution < -0.4 is 15.4 Å². The minimum absolute atomic E-state index is 0.0184. The molecule has 2 unspecified atom stereocenters. The minimum Gasteiger partial charge on any atom is -0.483 e. The molecule has 5 rings (SSSR count). The lowest BCUT2D eigenvalue weighted by Crippen LogP contribution is -2.56. The molecule has 2 atom stereocenters. The van der Waals surface area contributed by atoms with Gasteiger partial charge < -0.3 is 39.5 Å². The highest BCUT2D eigenvalue weighted by Gasteiger charge is 2.36. The summed E-state index contributed by atoms with van der Waals surface area (Å²) in [5.41, 5.74) is 1.29. The van der Waals surface area contributed by atoms with Crippen LogP contribution in [0.5, 0.6) is 5.75 Å². The first-order valence-electron chi connectivity index (χ1n) is 18.7. The van der Waals surface area contributed by atoms with Crippen LogP contribution in [-0.4, -0.2) is 126 Å². The second-order valence-corrected chi connectivity index (χ2v) is 14.3. The van der Waals surface area contributed by atoms with E-state index >= 15 is 0 Å². The number of aromatic nitrogens is 1. The molecule has 1 aromatic heterocycles. The third kappa shape index (κ3) is 10.4. The SMILES string of the molecule is CCOC(=O)N1CCN(C(=O)C(CCC(=O)OCC(C)C)NC(=O)c2cc(OCC(=O)N3CCCC3C(=O)NC3CCC3)c3ccc(C)cc3n2)CC1. The van der Waals surface area contributed by atoms with Crippen molar-refractivity contribution in [3.8, 4) is 5.75 Å². The fourth-order valence-electron chi connectivity index (χ4n) is 6.58. The number of likely N-dealkylation sites (tertiary alicyclic amines) is 1. The molecule has 15 heteroatoms. The van der Waals surface area contributed by atoms with E-state index in [4.69, 9.17) is 14.2 Å². The molecule has 3 aliphatic rings. The number of nitrogens with zero attached hydrogens (tertiary/aromatic N) is 4. The van der Waals surface area contributed by atoms with Gasteiger partial charge in [-0.1, -0.05) is 19.9 Å². The van der Waals surface area contributed by atoms with Crippen LogP contribution in [0.25, 0.3) is 10.9 Å². The molecule has 0 spiro atoms. The largest absolute Gasteiger partial charge is 0.483 e. The summed E-state index contributed by atoms with van der Waals surface area (Å²) in [6, 6.07) is 5.42.